The molecule has 20 heavy (non-hydrogen) atoms. The molecular formula is C12H16N4O4. The average molecular weight is 280 g/mol. The lowest BCUT2D eigenvalue weighted by Crippen LogP contribution is -2.37. The van der Waals surface area contributed by atoms with Gasteiger partial charge in [0.05, 0.1) is 19.9 Å². The van der Waals surface area contributed by atoms with Crippen molar-refractivity contribution in [2.45, 2.75) is 6.92 Å². The van der Waals surface area contributed by atoms with Gasteiger partial charge in [0.2, 0.25) is 0 Å². The van der Waals surface area contributed by atoms with E-state index in [-0.39, 0.29) is 13.1 Å². The molecular weight excluding hydrogens is 264 g/mol. The van der Waals surface area contributed by atoms with Crippen LogP contribution >= 0.6 is 0 Å². The maximum atomic E-state index is 11.5. The quantitative estimate of drug-likeness (QED) is 0.686. The maximum Gasteiger partial charge on any atom is 0.325 e. The van der Waals surface area contributed by atoms with Crippen molar-refractivity contribution in [3.63, 3.8) is 0 Å². The molecule has 0 spiro atoms. The zero-order valence-corrected chi connectivity index (χ0v) is 11.8. The lowest BCUT2D eigenvalue weighted by Gasteiger charge is -2.22. The summed E-state index contributed by atoms with van der Waals surface area (Å²) in [6, 6.07) is 2.02. The molecule has 0 aromatic carbocycles. The number of methoxy groups -OCH3 is 2. The van der Waals surface area contributed by atoms with Crippen molar-refractivity contribution in [3.05, 3.63) is 11.3 Å². The predicted octanol–water partition coefficient (Wildman–Crippen LogP) is -0.247. The van der Waals surface area contributed by atoms with Gasteiger partial charge in [0.15, 0.2) is 0 Å². The van der Waals surface area contributed by atoms with Gasteiger partial charge in [-0.15, -0.1) is 0 Å². The van der Waals surface area contributed by atoms with E-state index in [2.05, 4.69) is 14.6 Å². The van der Waals surface area contributed by atoms with Crippen LogP contribution < -0.4 is 4.90 Å². The van der Waals surface area contributed by atoms with Gasteiger partial charge in [0.25, 0.3) is 0 Å². The fourth-order valence-corrected chi connectivity index (χ4v) is 1.79. The number of carbonyl (C=O) groups is 2. The molecule has 108 valence electrons. The van der Waals surface area contributed by atoms with E-state index in [0.717, 1.165) is 0 Å². The number of nitrogens with zero attached hydrogens (tertiary/aromatic N) is 4. The van der Waals surface area contributed by atoms with E-state index in [9.17, 15) is 14.9 Å². The Morgan fingerprint density at radius 3 is 2.20 bits per heavy atom. The summed E-state index contributed by atoms with van der Waals surface area (Å²) in [4.78, 5) is 24.3. The number of hydrogen-bond acceptors (Lipinski definition) is 7. The first-order valence-electron chi connectivity index (χ1n) is 5.76. The Kier molecular flexibility index (Phi) is 5.08. The number of aryl methyl sites for hydroxylation is 2. The highest BCUT2D eigenvalue weighted by molar-refractivity contribution is 5.81. The number of esters is 2. The van der Waals surface area contributed by atoms with Crippen LogP contribution in [0.4, 0.5) is 5.82 Å². The number of rotatable bonds is 5. The molecule has 1 aromatic heterocycles. The normalized spacial score (nSPS) is 9.75. The zero-order chi connectivity index (χ0) is 15.3. The smallest absolute Gasteiger partial charge is 0.325 e. The van der Waals surface area contributed by atoms with Gasteiger partial charge >= 0.3 is 11.9 Å². The van der Waals surface area contributed by atoms with E-state index in [1.54, 1.807) is 14.0 Å². The van der Waals surface area contributed by atoms with Gasteiger partial charge in [-0.2, -0.15) is 10.4 Å². The van der Waals surface area contributed by atoms with Gasteiger partial charge in [-0.1, -0.05) is 0 Å². The molecule has 0 N–H and O–H groups in total. The molecule has 1 aromatic rings. The third kappa shape index (κ3) is 3.26. The summed E-state index contributed by atoms with van der Waals surface area (Å²) in [5.74, 6) is -0.686. The summed E-state index contributed by atoms with van der Waals surface area (Å²) in [5, 5.41) is 13.3. The Hall–Kier alpha value is -2.56. The Morgan fingerprint density at radius 2 is 1.80 bits per heavy atom. The monoisotopic (exact) mass is 280 g/mol. The second kappa shape index (κ2) is 6.56. The summed E-state index contributed by atoms with van der Waals surface area (Å²) < 4.78 is 10.6. The van der Waals surface area contributed by atoms with Crippen molar-refractivity contribution >= 4 is 17.8 Å². The average Bonchev–Trinajstić information content (AvgIpc) is 2.71. The summed E-state index contributed by atoms with van der Waals surface area (Å²) in [5.41, 5.74) is 0.824. The SMILES string of the molecule is COC(=O)CN(CC(=O)OC)c1c(C#N)c(C)nn1C. The number of hydrogen-bond donors (Lipinski definition) is 0. The molecule has 0 aliphatic carbocycles. The first-order chi connectivity index (χ1) is 9.44. The molecule has 0 saturated heterocycles. The van der Waals surface area contributed by atoms with E-state index < -0.39 is 11.9 Å². The number of ether oxygens (including phenoxy) is 2. The van der Waals surface area contributed by atoms with E-state index in [0.29, 0.717) is 17.1 Å². The highest BCUT2D eigenvalue weighted by atomic mass is 16.5. The van der Waals surface area contributed by atoms with Crippen molar-refractivity contribution < 1.29 is 19.1 Å². The van der Waals surface area contributed by atoms with Crippen LogP contribution in [0.2, 0.25) is 0 Å². The molecule has 8 heteroatoms. The van der Waals surface area contributed by atoms with Gasteiger partial charge in [0, 0.05) is 7.05 Å². The molecule has 0 aliphatic rings. The fraction of sp³-hybridized carbons (Fsp3) is 0.500. The minimum Gasteiger partial charge on any atom is -0.468 e. The Bertz CT molecular complexity index is 541. The van der Waals surface area contributed by atoms with E-state index in [4.69, 9.17) is 0 Å². The van der Waals surface area contributed by atoms with Crippen LogP contribution in [0.3, 0.4) is 0 Å². The molecule has 0 atom stereocenters. The molecule has 0 bridgehead atoms. The van der Waals surface area contributed by atoms with Crippen molar-refractivity contribution in [3.8, 4) is 6.07 Å². The molecule has 1 rings (SSSR count). The third-order valence-electron chi connectivity index (χ3n) is 2.70. The van der Waals surface area contributed by atoms with Crippen LogP contribution in [0, 0.1) is 18.3 Å². The van der Waals surface area contributed by atoms with Gasteiger partial charge in [0.1, 0.15) is 30.5 Å². The second-order valence-electron chi connectivity index (χ2n) is 4.03. The topological polar surface area (TPSA) is 97.4 Å². The Labute approximate surface area is 116 Å². The molecule has 1 heterocycles. The van der Waals surface area contributed by atoms with Crippen molar-refractivity contribution in [2.75, 3.05) is 32.2 Å². The van der Waals surface area contributed by atoms with Crippen LogP contribution in [-0.2, 0) is 26.1 Å². The van der Waals surface area contributed by atoms with Gasteiger partial charge < -0.3 is 14.4 Å². The van der Waals surface area contributed by atoms with E-state index in [1.165, 1.54) is 23.8 Å². The predicted molar refractivity (Wildman–Crippen MR) is 68.9 cm³/mol. The first-order valence-corrected chi connectivity index (χ1v) is 5.76. The second-order valence-corrected chi connectivity index (χ2v) is 4.03. The number of anilines is 1. The van der Waals surface area contributed by atoms with Crippen molar-refractivity contribution in [1.82, 2.24) is 9.78 Å². The van der Waals surface area contributed by atoms with E-state index >= 15 is 0 Å². The molecule has 0 amide bonds. The van der Waals surface area contributed by atoms with Crippen LogP contribution in [-0.4, -0.2) is 49.0 Å². The minimum absolute atomic E-state index is 0.181. The largest absolute Gasteiger partial charge is 0.468 e. The van der Waals surface area contributed by atoms with Crippen LogP contribution in [0.25, 0.3) is 0 Å². The molecule has 0 unspecified atom stereocenters. The van der Waals surface area contributed by atoms with Crippen LogP contribution in [0.1, 0.15) is 11.3 Å². The Morgan fingerprint density at radius 1 is 1.30 bits per heavy atom. The molecule has 0 radical (unpaired) electrons. The van der Waals surface area contributed by atoms with Crippen molar-refractivity contribution in [1.29, 1.82) is 5.26 Å². The lowest BCUT2D eigenvalue weighted by atomic mass is 10.2. The summed E-state index contributed by atoms with van der Waals surface area (Å²) >= 11 is 0. The minimum atomic E-state index is -0.531. The zero-order valence-electron chi connectivity index (χ0n) is 11.8. The number of nitriles is 1. The summed E-state index contributed by atoms with van der Waals surface area (Å²) in [6.07, 6.45) is 0. The third-order valence-corrected chi connectivity index (χ3v) is 2.70. The molecule has 8 nitrogen and oxygen atoms in total. The standard InChI is InChI=1S/C12H16N4O4/c1-8-9(5-13)12(15(2)14-8)16(6-10(17)19-3)7-11(18)20-4/h6-7H2,1-4H3. The summed E-state index contributed by atoms with van der Waals surface area (Å²) in [7, 11) is 4.13. The van der Waals surface area contributed by atoms with Crippen LogP contribution in [0.5, 0.6) is 0 Å². The Balaban J connectivity index is 3.19. The first kappa shape index (κ1) is 15.5. The van der Waals surface area contributed by atoms with Crippen molar-refractivity contribution in [2.24, 2.45) is 7.05 Å². The van der Waals surface area contributed by atoms with Gasteiger partial charge in [-0.25, -0.2) is 0 Å². The molecule has 0 saturated carbocycles. The maximum absolute atomic E-state index is 11.5. The lowest BCUT2D eigenvalue weighted by molar-refractivity contribution is -0.140. The van der Waals surface area contributed by atoms with Gasteiger partial charge in [-0.05, 0) is 6.92 Å². The highest BCUT2D eigenvalue weighted by Gasteiger charge is 2.24. The van der Waals surface area contributed by atoms with Crippen LogP contribution in [0.15, 0.2) is 0 Å². The number of carbonyl (C=O) groups excluding carboxylic acids is 2. The number of aromatic nitrogens is 2. The summed E-state index contributed by atoms with van der Waals surface area (Å²) in [6.45, 7) is 1.31. The highest BCUT2D eigenvalue weighted by Crippen LogP contribution is 2.22. The molecule has 0 aliphatic heterocycles. The molecule has 0 fully saturated rings. The van der Waals surface area contributed by atoms with E-state index in [1.807, 2.05) is 6.07 Å². The fourth-order valence-electron chi connectivity index (χ4n) is 1.79. The van der Waals surface area contributed by atoms with Gasteiger partial charge in [-0.3, -0.25) is 14.3 Å².